The van der Waals surface area contributed by atoms with E-state index in [9.17, 15) is 0 Å². The smallest absolute Gasteiger partial charge is 0.151 e. The Labute approximate surface area is 96.9 Å². The first-order valence-corrected chi connectivity index (χ1v) is 6.05. The molecule has 0 spiro atoms. The predicted molar refractivity (Wildman–Crippen MR) is 65.4 cm³/mol. The summed E-state index contributed by atoms with van der Waals surface area (Å²) >= 11 is 0. The van der Waals surface area contributed by atoms with E-state index in [0.29, 0.717) is 0 Å². The number of piperidine rings is 1. The average Bonchev–Trinajstić information content (AvgIpc) is 2.32. The van der Waals surface area contributed by atoms with Gasteiger partial charge in [-0.15, -0.1) is 5.10 Å². The number of nitrogens with two attached hydrogens (primary N) is 1. The van der Waals surface area contributed by atoms with Gasteiger partial charge in [0.2, 0.25) is 0 Å². The SMILES string of the molecule is Cc1ccc(N2CCC(CCN)CC2)nn1. The second-order valence-corrected chi connectivity index (χ2v) is 4.54. The van der Waals surface area contributed by atoms with E-state index < -0.39 is 0 Å². The molecule has 0 bridgehead atoms. The monoisotopic (exact) mass is 220 g/mol. The number of rotatable bonds is 3. The van der Waals surface area contributed by atoms with Crippen molar-refractivity contribution >= 4 is 5.82 Å². The van der Waals surface area contributed by atoms with E-state index in [4.69, 9.17) is 5.73 Å². The Balaban J connectivity index is 1.91. The fourth-order valence-corrected chi connectivity index (χ4v) is 2.25. The minimum absolute atomic E-state index is 0.805. The third-order valence-corrected chi connectivity index (χ3v) is 3.30. The van der Waals surface area contributed by atoms with Crippen LogP contribution in [-0.4, -0.2) is 29.8 Å². The average molecular weight is 220 g/mol. The molecule has 1 fully saturated rings. The van der Waals surface area contributed by atoms with Gasteiger partial charge < -0.3 is 10.6 Å². The highest BCUT2D eigenvalue weighted by Crippen LogP contribution is 2.23. The van der Waals surface area contributed by atoms with E-state index in [0.717, 1.165) is 43.5 Å². The van der Waals surface area contributed by atoms with Gasteiger partial charge in [0.15, 0.2) is 5.82 Å². The Morgan fingerprint density at radius 1 is 1.31 bits per heavy atom. The van der Waals surface area contributed by atoms with Gasteiger partial charge in [-0.05, 0) is 50.8 Å². The quantitative estimate of drug-likeness (QED) is 0.835. The van der Waals surface area contributed by atoms with E-state index in [1.807, 2.05) is 13.0 Å². The van der Waals surface area contributed by atoms with Crippen molar-refractivity contribution in [1.82, 2.24) is 10.2 Å². The largest absolute Gasteiger partial charge is 0.355 e. The standard InChI is InChI=1S/C12H20N4/c1-10-2-3-12(15-14-10)16-8-5-11(4-7-13)6-9-16/h2-3,11H,4-9,13H2,1H3. The molecule has 0 aromatic carbocycles. The van der Waals surface area contributed by atoms with E-state index in [-0.39, 0.29) is 0 Å². The summed E-state index contributed by atoms with van der Waals surface area (Å²) in [6.07, 6.45) is 3.62. The second kappa shape index (κ2) is 5.25. The summed E-state index contributed by atoms with van der Waals surface area (Å²) in [5, 5.41) is 8.32. The van der Waals surface area contributed by atoms with Crippen molar-refractivity contribution in [2.45, 2.75) is 26.2 Å². The van der Waals surface area contributed by atoms with Crippen LogP contribution in [0.2, 0.25) is 0 Å². The van der Waals surface area contributed by atoms with E-state index in [1.54, 1.807) is 0 Å². The topological polar surface area (TPSA) is 55.0 Å². The lowest BCUT2D eigenvalue weighted by atomic mass is 9.94. The number of hydrogen-bond donors (Lipinski definition) is 1. The van der Waals surface area contributed by atoms with Crippen LogP contribution in [0.4, 0.5) is 5.82 Å². The van der Waals surface area contributed by atoms with Crippen LogP contribution in [0.3, 0.4) is 0 Å². The fraction of sp³-hybridized carbons (Fsp3) is 0.667. The van der Waals surface area contributed by atoms with Crippen molar-refractivity contribution in [3.8, 4) is 0 Å². The number of anilines is 1. The molecular formula is C12H20N4. The Morgan fingerprint density at radius 2 is 2.06 bits per heavy atom. The zero-order valence-electron chi connectivity index (χ0n) is 9.89. The highest BCUT2D eigenvalue weighted by atomic mass is 15.3. The minimum Gasteiger partial charge on any atom is -0.355 e. The first-order valence-electron chi connectivity index (χ1n) is 6.05. The molecule has 0 aliphatic carbocycles. The lowest BCUT2D eigenvalue weighted by molar-refractivity contribution is 0.384. The third kappa shape index (κ3) is 2.70. The van der Waals surface area contributed by atoms with Crippen molar-refractivity contribution in [3.63, 3.8) is 0 Å². The van der Waals surface area contributed by atoms with Crippen LogP contribution in [0.15, 0.2) is 12.1 Å². The first-order chi connectivity index (χ1) is 7.79. The lowest BCUT2D eigenvalue weighted by Crippen LogP contribution is -2.34. The normalized spacial score (nSPS) is 17.8. The molecule has 0 atom stereocenters. The van der Waals surface area contributed by atoms with Gasteiger partial charge in [-0.1, -0.05) is 0 Å². The van der Waals surface area contributed by atoms with Crippen molar-refractivity contribution in [2.24, 2.45) is 11.7 Å². The van der Waals surface area contributed by atoms with Crippen molar-refractivity contribution in [1.29, 1.82) is 0 Å². The molecule has 2 N–H and O–H groups in total. The van der Waals surface area contributed by atoms with E-state index >= 15 is 0 Å². The third-order valence-electron chi connectivity index (χ3n) is 3.30. The van der Waals surface area contributed by atoms with Crippen molar-refractivity contribution in [2.75, 3.05) is 24.5 Å². The molecule has 2 heterocycles. The molecule has 0 unspecified atom stereocenters. The minimum atomic E-state index is 0.805. The maximum Gasteiger partial charge on any atom is 0.151 e. The molecule has 4 nitrogen and oxygen atoms in total. The highest BCUT2D eigenvalue weighted by Gasteiger charge is 2.19. The van der Waals surface area contributed by atoms with Crippen molar-refractivity contribution in [3.05, 3.63) is 17.8 Å². The molecule has 1 saturated heterocycles. The van der Waals surface area contributed by atoms with Gasteiger partial charge in [0, 0.05) is 13.1 Å². The summed E-state index contributed by atoms with van der Waals surface area (Å²) in [5.41, 5.74) is 6.56. The summed E-state index contributed by atoms with van der Waals surface area (Å²) < 4.78 is 0. The van der Waals surface area contributed by atoms with Gasteiger partial charge in [0.25, 0.3) is 0 Å². The molecular weight excluding hydrogens is 200 g/mol. The summed E-state index contributed by atoms with van der Waals surface area (Å²) in [5.74, 6) is 1.82. The van der Waals surface area contributed by atoms with Gasteiger partial charge in [-0.2, -0.15) is 5.10 Å². The van der Waals surface area contributed by atoms with Crippen LogP contribution in [0.25, 0.3) is 0 Å². The van der Waals surface area contributed by atoms with Crippen LogP contribution in [0.1, 0.15) is 25.0 Å². The molecule has 0 amide bonds. The molecule has 2 rings (SSSR count). The van der Waals surface area contributed by atoms with Crippen LogP contribution >= 0.6 is 0 Å². The zero-order chi connectivity index (χ0) is 11.4. The summed E-state index contributed by atoms with van der Waals surface area (Å²) in [6, 6.07) is 4.08. The molecule has 4 heteroatoms. The molecule has 1 aliphatic heterocycles. The number of hydrogen-bond acceptors (Lipinski definition) is 4. The molecule has 16 heavy (non-hydrogen) atoms. The Hall–Kier alpha value is -1.16. The lowest BCUT2D eigenvalue weighted by Gasteiger charge is -2.32. The van der Waals surface area contributed by atoms with Crippen molar-refractivity contribution < 1.29 is 0 Å². The summed E-state index contributed by atoms with van der Waals surface area (Å²) in [6.45, 7) is 4.95. The molecule has 88 valence electrons. The maximum absolute atomic E-state index is 5.59. The highest BCUT2D eigenvalue weighted by molar-refractivity contribution is 5.37. The molecule has 1 aromatic heterocycles. The maximum atomic E-state index is 5.59. The summed E-state index contributed by atoms with van der Waals surface area (Å²) in [4.78, 5) is 2.32. The van der Waals surface area contributed by atoms with Gasteiger partial charge in [-0.25, -0.2) is 0 Å². The van der Waals surface area contributed by atoms with E-state index in [2.05, 4.69) is 21.2 Å². The molecule has 0 radical (unpaired) electrons. The Morgan fingerprint density at radius 3 is 2.62 bits per heavy atom. The van der Waals surface area contributed by atoms with E-state index in [1.165, 1.54) is 12.8 Å². The Kier molecular flexibility index (Phi) is 3.72. The number of aromatic nitrogens is 2. The van der Waals surface area contributed by atoms with Crippen LogP contribution < -0.4 is 10.6 Å². The zero-order valence-corrected chi connectivity index (χ0v) is 9.89. The van der Waals surface area contributed by atoms with Gasteiger partial charge in [0.05, 0.1) is 5.69 Å². The molecule has 1 aliphatic rings. The van der Waals surface area contributed by atoms with Gasteiger partial charge >= 0.3 is 0 Å². The predicted octanol–water partition coefficient (Wildman–Crippen LogP) is 1.35. The number of aryl methyl sites for hydroxylation is 1. The Bertz CT molecular complexity index is 314. The summed E-state index contributed by atoms with van der Waals surface area (Å²) in [7, 11) is 0. The van der Waals surface area contributed by atoms with Crippen LogP contribution in [0.5, 0.6) is 0 Å². The first kappa shape index (κ1) is 11.3. The molecule has 1 aromatic rings. The molecule has 0 saturated carbocycles. The fourth-order valence-electron chi connectivity index (χ4n) is 2.25. The van der Waals surface area contributed by atoms with Crippen LogP contribution in [0, 0.1) is 12.8 Å². The van der Waals surface area contributed by atoms with Crippen LogP contribution in [-0.2, 0) is 0 Å². The second-order valence-electron chi connectivity index (χ2n) is 4.54. The number of nitrogens with zero attached hydrogens (tertiary/aromatic N) is 3. The van der Waals surface area contributed by atoms with Gasteiger partial charge in [0.1, 0.15) is 0 Å². The van der Waals surface area contributed by atoms with Gasteiger partial charge in [-0.3, -0.25) is 0 Å².